The zero-order valence-electron chi connectivity index (χ0n) is 5.98. The van der Waals surface area contributed by atoms with E-state index in [-0.39, 0.29) is 5.75 Å². The molecule has 54 valence electrons. The number of hydrogen-bond acceptors (Lipinski definition) is 1. The molecule has 0 bridgehead atoms. The Hall–Kier alpha value is -1.05. The van der Waals surface area contributed by atoms with E-state index in [1.807, 2.05) is 0 Å². The SMILES string of the molecule is Cc1cc(C)c(O)c(F)c1. The van der Waals surface area contributed by atoms with Crippen molar-refractivity contribution >= 4 is 0 Å². The van der Waals surface area contributed by atoms with Crippen molar-refractivity contribution in [3.8, 4) is 5.75 Å². The van der Waals surface area contributed by atoms with Gasteiger partial charge in [-0.1, -0.05) is 6.07 Å². The second-order valence-corrected chi connectivity index (χ2v) is 2.41. The summed E-state index contributed by atoms with van der Waals surface area (Å²) in [5.41, 5.74) is 1.41. The van der Waals surface area contributed by atoms with Crippen molar-refractivity contribution in [1.82, 2.24) is 0 Å². The molecule has 0 heterocycles. The van der Waals surface area contributed by atoms with E-state index in [0.717, 1.165) is 5.56 Å². The van der Waals surface area contributed by atoms with E-state index < -0.39 is 5.82 Å². The molecule has 1 nitrogen and oxygen atoms in total. The lowest BCUT2D eigenvalue weighted by Crippen LogP contribution is -1.82. The molecule has 0 radical (unpaired) electrons. The third-order valence-electron chi connectivity index (χ3n) is 1.40. The molecule has 10 heavy (non-hydrogen) atoms. The number of benzene rings is 1. The minimum absolute atomic E-state index is 0.245. The smallest absolute Gasteiger partial charge is 0.165 e. The van der Waals surface area contributed by atoms with Gasteiger partial charge in [0, 0.05) is 0 Å². The first kappa shape index (κ1) is 7.06. The normalized spacial score (nSPS) is 9.90. The van der Waals surface area contributed by atoms with Crippen LogP contribution in [0.5, 0.6) is 5.75 Å². The van der Waals surface area contributed by atoms with Gasteiger partial charge in [-0.3, -0.25) is 0 Å². The van der Waals surface area contributed by atoms with Gasteiger partial charge in [-0.2, -0.15) is 0 Å². The Kier molecular flexibility index (Phi) is 1.62. The summed E-state index contributed by atoms with van der Waals surface area (Å²) in [6.07, 6.45) is 0. The van der Waals surface area contributed by atoms with E-state index in [0.29, 0.717) is 5.56 Å². The maximum absolute atomic E-state index is 12.6. The summed E-state index contributed by atoms with van der Waals surface area (Å²) in [6, 6.07) is 3.04. The van der Waals surface area contributed by atoms with Gasteiger partial charge in [-0.15, -0.1) is 0 Å². The maximum Gasteiger partial charge on any atom is 0.165 e. The van der Waals surface area contributed by atoms with E-state index in [1.54, 1.807) is 19.9 Å². The Balaban J connectivity index is 3.31. The summed E-state index contributed by atoms with van der Waals surface area (Å²) in [5, 5.41) is 8.96. The third kappa shape index (κ3) is 1.10. The quantitative estimate of drug-likeness (QED) is 0.585. The van der Waals surface area contributed by atoms with E-state index in [4.69, 9.17) is 5.11 Å². The highest BCUT2D eigenvalue weighted by Gasteiger charge is 2.02. The van der Waals surface area contributed by atoms with Gasteiger partial charge in [0.05, 0.1) is 0 Å². The largest absolute Gasteiger partial charge is 0.505 e. The average molecular weight is 140 g/mol. The fraction of sp³-hybridized carbons (Fsp3) is 0.250. The molecule has 0 aromatic heterocycles. The summed E-state index contributed by atoms with van der Waals surface area (Å²) in [6.45, 7) is 3.46. The van der Waals surface area contributed by atoms with Gasteiger partial charge >= 0.3 is 0 Å². The third-order valence-corrected chi connectivity index (χ3v) is 1.40. The molecule has 0 saturated carbocycles. The molecule has 0 atom stereocenters. The molecule has 1 aromatic carbocycles. The second kappa shape index (κ2) is 2.29. The zero-order valence-corrected chi connectivity index (χ0v) is 5.98. The molecular formula is C8H9FO. The number of hydrogen-bond donors (Lipinski definition) is 1. The van der Waals surface area contributed by atoms with Crippen LogP contribution in [0.1, 0.15) is 11.1 Å². The Morgan fingerprint density at radius 1 is 1.30 bits per heavy atom. The Labute approximate surface area is 59.1 Å². The average Bonchev–Trinajstić information content (AvgIpc) is 1.82. The van der Waals surface area contributed by atoms with Crippen molar-refractivity contribution in [3.05, 3.63) is 29.1 Å². The highest BCUT2D eigenvalue weighted by Crippen LogP contribution is 2.21. The van der Waals surface area contributed by atoms with Gasteiger partial charge in [0.2, 0.25) is 0 Å². The maximum atomic E-state index is 12.6. The highest BCUT2D eigenvalue weighted by molar-refractivity contribution is 5.35. The lowest BCUT2D eigenvalue weighted by atomic mass is 10.1. The summed E-state index contributed by atoms with van der Waals surface area (Å²) in [5.74, 6) is -0.789. The van der Waals surface area contributed by atoms with Gasteiger partial charge in [-0.25, -0.2) is 4.39 Å². The number of rotatable bonds is 0. The number of aryl methyl sites for hydroxylation is 2. The Bertz CT molecular complexity index is 232. The predicted octanol–water partition coefficient (Wildman–Crippen LogP) is 2.15. The van der Waals surface area contributed by atoms with Crippen LogP contribution in [0.15, 0.2) is 12.1 Å². The van der Waals surface area contributed by atoms with Crippen molar-refractivity contribution in [2.75, 3.05) is 0 Å². The summed E-state index contributed by atoms with van der Waals surface area (Å²) >= 11 is 0. The van der Waals surface area contributed by atoms with Crippen molar-refractivity contribution in [2.24, 2.45) is 0 Å². The van der Waals surface area contributed by atoms with Crippen LogP contribution in [0.25, 0.3) is 0 Å². The standard InChI is InChI=1S/C8H9FO/c1-5-3-6(2)8(10)7(9)4-5/h3-4,10H,1-2H3. The molecule has 1 aromatic rings. The summed E-state index contributed by atoms with van der Waals surface area (Å²) in [7, 11) is 0. The minimum Gasteiger partial charge on any atom is -0.505 e. The predicted molar refractivity (Wildman–Crippen MR) is 37.5 cm³/mol. The Morgan fingerprint density at radius 2 is 1.90 bits per heavy atom. The first-order valence-electron chi connectivity index (χ1n) is 3.07. The summed E-state index contributed by atoms with van der Waals surface area (Å²) < 4.78 is 12.6. The second-order valence-electron chi connectivity index (χ2n) is 2.41. The number of phenols is 1. The van der Waals surface area contributed by atoms with Crippen molar-refractivity contribution < 1.29 is 9.50 Å². The van der Waals surface area contributed by atoms with E-state index in [1.165, 1.54) is 6.07 Å². The van der Waals surface area contributed by atoms with Gasteiger partial charge in [0.15, 0.2) is 11.6 Å². The molecule has 1 rings (SSSR count). The van der Waals surface area contributed by atoms with Crippen LogP contribution < -0.4 is 0 Å². The van der Waals surface area contributed by atoms with E-state index in [9.17, 15) is 4.39 Å². The first-order valence-corrected chi connectivity index (χ1v) is 3.07. The molecule has 0 aliphatic carbocycles. The monoisotopic (exact) mass is 140 g/mol. The number of aromatic hydroxyl groups is 1. The summed E-state index contributed by atoms with van der Waals surface area (Å²) in [4.78, 5) is 0. The van der Waals surface area contributed by atoms with Crippen molar-refractivity contribution in [3.63, 3.8) is 0 Å². The molecule has 0 amide bonds. The van der Waals surface area contributed by atoms with E-state index in [2.05, 4.69) is 0 Å². The van der Waals surface area contributed by atoms with E-state index >= 15 is 0 Å². The van der Waals surface area contributed by atoms with Crippen LogP contribution in [-0.4, -0.2) is 5.11 Å². The molecule has 0 spiro atoms. The molecule has 0 saturated heterocycles. The molecule has 0 aliphatic heterocycles. The van der Waals surface area contributed by atoms with Gasteiger partial charge < -0.3 is 5.11 Å². The highest BCUT2D eigenvalue weighted by atomic mass is 19.1. The van der Waals surface area contributed by atoms with Gasteiger partial charge in [-0.05, 0) is 31.0 Å². The van der Waals surface area contributed by atoms with Crippen LogP contribution >= 0.6 is 0 Å². The van der Waals surface area contributed by atoms with Crippen LogP contribution in [0, 0.1) is 19.7 Å². The van der Waals surface area contributed by atoms with Crippen LogP contribution in [0.4, 0.5) is 4.39 Å². The molecule has 1 N–H and O–H groups in total. The molecule has 2 heteroatoms. The van der Waals surface area contributed by atoms with Crippen LogP contribution in [-0.2, 0) is 0 Å². The molecule has 0 unspecified atom stereocenters. The number of phenolic OH excluding ortho intramolecular Hbond substituents is 1. The molecule has 0 fully saturated rings. The van der Waals surface area contributed by atoms with Crippen molar-refractivity contribution in [2.45, 2.75) is 13.8 Å². The lowest BCUT2D eigenvalue weighted by Gasteiger charge is -2.00. The molecular weight excluding hydrogens is 131 g/mol. The zero-order chi connectivity index (χ0) is 7.72. The minimum atomic E-state index is -0.544. The first-order chi connectivity index (χ1) is 4.61. The van der Waals surface area contributed by atoms with Gasteiger partial charge in [0.25, 0.3) is 0 Å². The molecule has 0 aliphatic rings. The number of halogens is 1. The van der Waals surface area contributed by atoms with Gasteiger partial charge in [0.1, 0.15) is 0 Å². The van der Waals surface area contributed by atoms with Crippen LogP contribution in [0.2, 0.25) is 0 Å². The topological polar surface area (TPSA) is 20.2 Å². The fourth-order valence-electron chi connectivity index (χ4n) is 0.908. The lowest BCUT2D eigenvalue weighted by molar-refractivity contribution is 0.428. The fourth-order valence-corrected chi connectivity index (χ4v) is 0.908. The van der Waals surface area contributed by atoms with Crippen LogP contribution in [0.3, 0.4) is 0 Å². The Morgan fingerprint density at radius 3 is 2.40 bits per heavy atom. The van der Waals surface area contributed by atoms with Crippen molar-refractivity contribution in [1.29, 1.82) is 0 Å².